The van der Waals surface area contributed by atoms with E-state index in [1.807, 2.05) is 36.4 Å². The van der Waals surface area contributed by atoms with Crippen molar-refractivity contribution in [2.75, 3.05) is 6.61 Å². The number of carboxylic acid groups (broad SMARTS) is 1. The molecular weight excluding hydrogens is 438 g/mol. The van der Waals surface area contributed by atoms with Crippen LogP contribution in [0.5, 0.6) is 0 Å². The lowest BCUT2D eigenvalue weighted by Crippen LogP contribution is -2.56. The summed E-state index contributed by atoms with van der Waals surface area (Å²) in [5.74, 6) is -1.84. The van der Waals surface area contributed by atoms with Gasteiger partial charge >= 0.3 is 12.1 Å². The minimum absolute atomic E-state index is 0.0143. The zero-order valence-electron chi connectivity index (χ0n) is 18.8. The zero-order chi connectivity index (χ0) is 24.3. The highest BCUT2D eigenvalue weighted by Gasteiger charge is 2.35. The predicted octanol–water partition coefficient (Wildman–Crippen LogP) is 3.70. The molecule has 3 aromatic rings. The van der Waals surface area contributed by atoms with E-state index < -0.39 is 23.5 Å². The fourth-order valence-electron chi connectivity index (χ4n) is 4.09. The number of benzene rings is 2. The van der Waals surface area contributed by atoms with Gasteiger partial charge in [-0.3, -0.25) is 4.79 Å². The second kappa shape index (κ2) is 9.38. The molecule has 1 aromatic heterocycles. The van der Waals surface area contributed by atoms with Gasteiger partial charge in [-0.15, -0.1) is 0 Å². The topological polar surface area (TPSA) is 131 Å². The van der Waals surface area contributed by atoms with Gasteiger partial charge in [0.25, 0.3) is 0 Å². The van der Waals surface area contributed by atoms with Crippen LogP contribution in [0.4, 0.5) is 4.79 Å². The Hall–Kier alpha value is -4.14. The third-order valence-corrected chi connectivity index (χ3v) is 6.18. The van der Waals surface area contributed by atoms with Crippen LogP contribution in [-0.2, 0) is 16.1 Å². The highest BCUT2D eigenvalue weighted by molar-refractivity contribution is 5.90. The van der Waals surface area contributed by atoms with E-state index in [1.54, 1.807) is 13.8 Å². The molecule has 0 spiro atoms. The number of hydrogen-bond acceptors (Lipinski definition) is 6. The second-order valence-corrected chi connectivity index (χ2v) is 8.25. The van der Waals surface area contributed by atoms with Crippen LogP contribution in [0.15, 0.2) is 59.3 Å². The molecule has 1 aliphatic carbocycles. The summed E-state index contributed by atoms with van der Waals surface area (Å²) >= 11 is 0. The minimum Gasteiger partial charge on any atom is -0.476 e. The van der Waals surface area contributed by atoms with E-state index in [2.05, 4.69) is 27.8 Å². The quantitative estimate of drug-likeness (QED) is 0.464. The van der Waals surface area contributed by atoms with Gasteiger partial charge in [-0.1, -0.05) is 55.5 Å². The van der Waals surface area contributed by atoms with Crippen molar-refractivity contribution in [1.82, 2.24) is 15.6 Å². The number of nitrogens with one attached hydrogen (secondary N) is 2. The van der Waals surface area contributed by atoms with Crippen LogP contribution in [0.1, 0.15) is 53.6 Å². The number of rotatable bonds is 8. The fraction of sp³-hybridized carbons (Fsp3) is 0.280. The van der Waals surface area contributed by atoms with E-state index in [4.69, 9.17) is 14.3 Å². The molecule has 176 valence electrons. The second-order valence-electron chi connectivity index (χ2n) is 8.25. The maximum Gasteiger partial charge on any atom is 0.408 e. The van der Waals surface area contributed by atoms with E-state index in [1.165, 1.54) is 0 Å². The molecule has 0 aliphatic heterocycles. The van der Waals surface area contributed by atoms with E-state index in [0.29, 0.717) is 0 Å². The molecule has 0 saturated heterocycles. The molecule has 9 heteroatoms. The van der Waals surface area contributed by atoms with Crippen LogP contribution in [0.2, 0.25) is 0 Å². The van der Waals surface area contributed by atoms with Crippen LogP contribution in [-0.4, -0.2) is 40.2 Å². The van der Waals surface area contributed by atoms with Gasteiger partial charge in [0.05, 0.1) is 6.54 Å². The monoisotopic (exact) mass is 463 g/mol. The first-order chi connectivity index (χ1) is 16.3. The number of carboxylic acids is 1. The summed E-state index contributed by atoms with van der Waals surface area (Å²) in [4.78, 5) is 40.2. The van der Waals surface area contributed by atoms with Gasteiger partial charge in [0.2, 0.25) is 5.91 Å². The summed E-state index contributed by atoms with van der Waals surface area (Å²) in [6.07, 6.45) is 0.566. The van der Waals surface area contributed by atoms with Crippen LogP contribution < -0.4 is 10.6 Å². The van der Waals surface area contributed by atoms with Crippen molar-refractivity contribution in [2.45, 2.75) is 38.3 Å². The maximum atomic E-state index is 12.8. The fourth-order valence-corrected chi connectivity index (χ4v) is 4.09. The first-order valence-electron chi connectivity index (χ1n) is 10.9. The molecule has 0 saturated carbocycles. The lowest BCUT2D eigenvalue weighted by molar-refractivity contribution is -0.127. The van der Waals surface area contributed by atoms with E-state index in [9.17, 15) is 14.4 Å². The van der Waals surface area contributed by atoms with Crippen molar-refractivity contribution in [1.29, 1.82) is 0 Å². The standard InChI is InChI=1S/C25H25N3O6/c1-3-25(2,23(31)26-12-20-21(22(29)30)27-14-34-20)28-24(32)33-13-19-17-10-6-4-8-15(17)16-9-5-7-11-18(16)19/h4-11,14,19H,3,12-13H2,1-2H3,(H,26,31)(H,28,32)(H,29,30). The molecule has 34 heavy (non-hydrogen) atoms. The number of alkyl carbamates (subject to hydrolysis) is 1. The molecule has 3 N–H and O–H groups in total. The van der Waals surface area contributed by atoms with Crippen LogP contribution in [0, 0.1) is 0 Å². The molecule has 0 bridgehead atoms. The SMILES string of the molecule is CCC(C)(NC(=O)OCC1c2ccccc2-c2ccccc21)C(=O)NCc1ocnc1C(=O)O. The van der Waals surface area contributed by atoms with Crippen molar-refractivity contribution >= 4 is 18.0 Å². The number of oxazole rings is 1. The smallest absolute Gasteiger partial charge is 0.408 e. The van der Waals surface area contributed by atoms with Gasteiger partial charge < -0.3 is 24.9 Å². The normalized spacial score (nSPS) is 13.9. The van der Waals surface area contributed by atoms with E-state index >= 15 is 0 Å². The first kappa shape index (κ1) is 23.0. The largest absolute Gasteiger partial charge is 0.476 e. The van der Waals surface area contributed by atoms with Gasteiger partial charge in [0, 0.05) is 5.92 Å². The number of aromatic nitrogens is 1. The predicted molar refractivity (Wildman–Crippen MR) is 122 cm³/mol. The van der Waals surface area contributed by atoms with E-state index in [0.717, 1.165) is 28.6 Å². The summed E-state index contributed by atoms with van der Waals surface area (Å²) in [5, 5.41) is 14.3. The van der Waals surface area contributed by atoms with Crippen molar-refractivity contribution in [3.8, 4) is 11.1 Å². The average molecular weight is 463 g/mol. The Kier molecular flexibility index (Phi) is 6.36. The van der Waals surface area contributed by atoms with Gasteiger partial charge in [0.1, 0.15) is 12.1 Å². The zero-order valence-corrected chi connectivity index (χ0v) is 18.8. The van der Waals surface area contributed by atoms with Crippen LogP contribution in [0.3, 0.4) is 0 Å². The number of aromatic carboxylic acids is 1. The highest BCUT2D eigenvalue weighted by Crippen LogP contribution is 2.44. The number of hydrogen-bond donors (Lipinski definition) is 3. The molecule has 0 fully saturated rings. The summed E-state index contributed by atoms with van der Waals surface area (Å²) in [5.41, 5.74) is 2.88. The third-order valence-electron chi connectivity index (χ3n) is 6.18. The van der Waals surface area contributed by atoms with Gasteiger partial charge in [-0.05, 0) is 35.6 Å². The van der Waals surface area contributed by atoms with E-state index in [-0.39, 0.29) is 36.9 Å². The Morgan fingerprint density at radius 3 is 2.29 bits per heavy atom. The Balaban J connectivity index is 1.39. The van der Waals surface area contributed by atoms with Gasteiger partial charge in [0.15, 0.2) is 17.8 Å². The molecule has 9 nitrogen and oxygen atoms in total. The number of amides is 2. The van der Waals surface area contributed by atoms with Crippen LogP contribution in [0.25, 0.3) is 11.1 Å². The molecule has 4 rings (SSSR count). The molecular formula is C25H25N3O6. The summed E-state index contributed by atoms with van der Waals surface area (Å²) in [6, 6.07) is 16.0. The molecule has 1 atom stereocenters. The summed E-state index contributed by atoms with van der Waals surface area (Å²) in [6.45, 7) is 3.27. The third kappa shape index (κ3) is 4.36. The Morgan fingerprint density at radius 2 is 1.71 bits per heavy atom. The lowest BCUT2D eigenvalue weighted by Gasteiger charge is -2.28. The van der Waals surface area contributed by atoms with Crippen molar-refractivity contribution in [3.63, 3.8) is 0 Å². The Bertz CT molecular complexity index is 1190. The Morgan fingerprint density at radius 1 is 1.09 bits per heavy atom. The lowest BCUT2D eigenvalue weighted by atomic mass is 9.97. The number of nitrogens with zero attached hydrogens (tertiary/aromatic N) is 1. The molecule has 0 radical (unpaired) electrons. The van der Waals surface area contributed by atoms with Crippen LogP contribution >= 0.6 is 0 Å². The summed E-state index contributed by atoms with van der Waals surface area (Å²) in [7, 11) is 0. The molecule has 1 unspecified atom stereocenters. The number of ether oxygens (including phenoxy) is 1. The highest BCUT2D eigenvalue weighted by atomic mass is 16.5. The molecule has 2 aromatic carbocycles. The maximum absolute atomic E-state index is 12.8. The summed E-state index contributed by atoms with van der Waals surface area (Å²) < 4.78 is 10.6. The first-order valence-corrected chi connectivity index (χ1v) is 10.9. The van der Waals surface area contributed by atoms with Gasteiger partial charge in [-0.25, -0.2) is 14.6 Å². The number of carbonyl (C=O) groups is 3. The molecule has 1 aliphatic rings. The Labute approximate surface area is 196 Å². The number of fused-ring (bicyclic) bond motifs is 3. The minimum atomic E-state index is -1.27. The van der Waals surface area contributed by atoms with Crippen molar-refractivity contribution < 1.29 is 28.6 Å². The number of carbonyl (C=O) groups excluding carboxylic acids is 2. The van der Waals surface area contributed by atoms with Gasteiger partial charge in [-0.2, -0.15) is 0 Å². The van der Waals surface area contributed by atoms with Crippen molar-refractivity contribution in [2.24, 2.45) is 0 Å². The van der Waals surface area contributed by atoms with Crippen molar-refractivity contribution in [3.05, 3.63) is 77.5 Å². The molecule has 2 amide bonds. The molecule has 1 heterocycles. The average Bonchev–Trinajstić information content (AvgIpc) is 3.44.